The van der Waals surface area contributed by atoms with Crippen molar-refractivity contribution >= 4 is 15.7 Å². The van der Waals surface area contributed by atoms with Crippen LogP contribution in [0, 0.1) is 5.82 Å². The summed E-state index contributed by atoms with van der Waals surface area (Å²) in [6, 6.07) is 12.4. The van der Waals surface area contributed by atoms with Gasteiger partial charge in [0, 0.05) is 13.6 Å². The van der Waals surface area contributed by atoms with Gasteiger partial charge in [-0.15, -0.1) is 0 Å². The van der Waals surface area contributed by atoms with Crippen LogP contribution in [-0.4, -0.2) is 15.5 Å². The van der Waals surface area contributed by atoms with E-state index < -0.39 is 15.8 Å². The molecule has 0 atom stereocenters. The van der Waals surface area contributed by atoms with Gasteiger partial charge in [-0.25, -0.2) is 17.5 Å². The molecule has 0 aliphatic carbocycles. The normalized spacial score (nSPS) is 11.3. The van der Waals surface area contributed by atoms with E-state index >= 15 is 0 Å². The third kappa shape index (κ3) is 3.34. The van der Waals surface area contributed by atoms with Gasteiger partial charge in [-0.05, 0) is 29.8 Å². The Morgan fingerprint density at radius 3 is 2.55 bits per heavy atom. The van der Waals surface area contributed by atoms with Crippen LogP contribution in [0.15, 0.2) is 53.4 Å². The lowest BCUT2D eigenvalue weighted by Crippen LogP contribution is -2.24. The molecule has 0 spiro atoms. The number of hydrogen-bond acceptors (Lipinski definition) is 3. The van der Waals surface area contributed by atoms with Gasteiger partial charge in [0.05, 0.1) is 5.69 Å². The average Bonchev–Trinajstić information content (AvgIpc) is 2.45. The van der Waals surface area contributed by atoms with E-state index in [0.717, 1.165) is 0 Å². The highest BCUT2D eigenvalue weighted by molar-refractivity contribution is 7.89. The van der Waals surface area contributed by atoms with Crippen LogP contribution in [0.2, 0.25) is 0 Å². The summed E-state index contributed by atoms with van der Waals surface area (Å²) in [6.45, 7) is 0.0398. The van der Waals surface area contributed by atoms with Crippen molar-refractivity contribution < 1.29 is 12.8 Å². The van der Waals surface area contributed by atoms with Crippen LogP contribution < -0.4 is 10.0 Å². The average molecular weight is 294 g/mol. The fourth-order valence-electron chi connectivity index (χ4n) is 1.81. The minimum atomic E-state index is -3.65. The fraction of sp³-hybridized carbons (Fsp3) is 0.143. The van der Waals surface area contributed by atoms with Crippen molar-refractivity contribution in [2.75, 3.05) is 12.4 Å². The molecular formula is C14H15FN2O2S. The monoisotopic (exact) mass is 294 g/mol. The summed E-state index contributed by atoms with van der Waals surface area (Å²) in [6.07, 6.45) is 0. The van der Waals surface area contributed by atoms with Crippen molar-refractivity contribution in [3.8, 4) is 0 Å². The first kappa shape index (κ1) is 14.5. The molecule has 0 radical (unpaired) electrons. The van der Waals surface area contributed by atoms with Gasteiger partial charge in [-0.1, -0.05) is 24.3 Å². The summed E-state index contributed by atoms with van der Waals surface area (Å²) in [5, 5.41) is 2.83. The molecule has 4 nitrogen and oxygen atoms in total. The van der Waals surface area contributed by atoms with Gasteiger partial charge >= 0.3 is 0 Å². The lowest BCUT2D eigenvalue weighted by atomic mass is 10.2. The van der Waals surface area contributed by atoms with E-state index in [1.54, 1.807) is 37.4 Å². The molecule has 2 N–H and O–H groups in total. The van der Waals surface area contributed by atoms with Crippen molar-refractivity contribution in [2.24, 2.45) is 0 Å². The number of sulfonamides is 1. The van der Waals surface area contributed by atoms with Gasteiger partial charge in [-0.2, -0.15) is 0 Å². The van der Waals surface area contributed by atoms with E-state index in [0.29, 0.717) is 11.3 Å². The zero-order valence-corrected chi connectivity index (χ0v) is 11.7. The number of para-hydroxylation sites is 1. The SMILES string of the molecule is CNc1ccccc1S(=O)(=O)NCc1cccc(F)c1. The van der Waals surface area contributed by atoms with E-state index in [-0.39, 0.29) is 11.4 Å². The van der Waals surface area contributed by atoms with Gasteiger partial charge in [-0.3, -0.25) is 0 Å². The van der Waals surface area contributed by atoms with Gasteiger partial charge < -0.3 is 5.32 Å². The molecule has 0 bridgehead atoms. The Balaban J connectivity index is 2.19. The van der Waals surface area contributed by atoms with Gasteiger partial charge in [0.1, 0.15) is 10.7 Å². The largest absolute Gasteiger partial charge is 0.387 e. The summed E-state index contributed by atoms with van der Waals surface area (Å²) in [4.78, 5) is 0.166. The molecule has 6 heteroatoms. The Morgan fingerprint density at radius 2 is 1.85 bits per heavy atom. The predicted octanol–water partition coefficient (Wildman–Crippen LogP) is 2.35. The maximum Gasteiger partial charge on any atom is 0.242 e. The minimum Gasteiger partial charge on any atom is -0.387 e. The van der Waals surface area contributed by atoms with Crippen molar-refractivity contribution in [1.29, 1.82) is 0 Å². The number of halogens is 1. The Labute approximate surface area is 117 Å². The van der Waals surface area contributed by atoms with Crippen LogP contribution in [0.4, 0.5) is 10.1 Å². The van der Waals surface area contributed by atoms with Crippen LogP contribution in [0.5, 0.6) is 0 Å². The first-order valence-electron chi connectivity index (χ1n) is 6.04. The summed E-state index contributed by atoms with van der Waals surface area (Å²) in [7, 11) is -2.00. The summed E-state index contributed by atoms with van der Waals surface area (Å²) in [5.74, 6) is -0.391. The topological polar surface area (TPSA) is 58.2 Å². The smallest absolute Gasteiger partial charge is 0.242 e. The van der Waals surface area contributed by atoms with E-state index in [1.807, 2.05) is 0 Å². The molecule has 2 aromatic carbocycles. The second kappa shape index (κ2) is 6.02. The van der Waals surface area contributed by atoms with E-state index in [4.69, 9.17) is 0 Å². The zero-order chi connectivity index (χ0) is 14.6. The summed E-state index contributed by atoms with van der Waals surface area (Å²) in [5.41, 5.74) is 1.08. The molecule has 106 valence electrons. The van der Waals surface area contributed by atoms with E-state index in [9.17, 15) is 12.8 Å². The second-order valence-electron chi connectivity index (χ2n) is 4.20. The Morgan fingerprint density at radius 1 is 1.10 bits per heavy atom. The lowest BCUT2D eigenvalue weighted by Gasteiger charge is -2.11. The van der Waals surface area contributed by atoms with Crippen molar-refractivity contribution in [2.45, 2.75) is 11.4 Å². The zero-order valence-electron chi connectivity index (χ0n) is 10.9. The minimum absolute atomic E-state index is 0.0398. The Bertz CT molecular complexity index is 702. The van der Waals surface area contributed by atoms with Crippen LogP contribution in [-0.2, 0) is 16.6 Å². The van der Waals surface area contributed by atoms with Crippen molar-refractivity contribution in [3.05, 3.63) is 59.9 Å². The van der Waals surface area contributed by atoms with Crippen LogP contribution >= 0.6 is 0 Å². The van der Waals surface area contributed by atoms with Crippen LogP contribution in [0.25, 0.3) is 0 Å². The second-order valence-corrected chi connectivity index (χ2v) is 5.94. The molecule has 2 rings (SSSR count). The summed E-state index contributed by atoms with van der Waals surface area (Å²) >= 11 is 0. The number of anilines is 1. The molecule has 0 heterocycles. The van der Waals surface area contributed by atoms with Gasteiger partial charge in [0.15, 0.2) is 0 Å². The Kier molecular flexibility index (Phi) is 4.36. The van der Waals surface area contributed by atoms with Crippen molar-refractivity contribution in [1.82, 2.24) is 4.72 Å². The third-order valence-electron chi connectivity index (χ3n) is 2.80. The molecule has 20 heavy (non-hydrogen) atoms. The third-order valence-corrected chi connectivity index (χ3v) is 4.26. The molecular weight excluding hydrogens is 279 g/mol. The van der Waals surface area contributed by atoms with Crippen molar-refractivity contribution in [3.63, 3.8) is 0 Å². The van der Waals surface area contributed by atoms with Gasteiger partial charge in [0.25, 0.3) is 0 Å². The quantitative estimate of drug-likeness (QED) is 0.890. The van der Waals surface area contributed by atoms with Crippen LogP contribution in [0.1, 0.15) is 5.56 Å². The first-order valence-corrected chi connectivity index (χ1v) is 7.52. The molecule has 0 fully saturated rings. The molecule has 0 saturated carbocycles. The van der Waals surface area contributed by atoms with E-state index in [2.05, 4.69) is 10.0 Å². The first-order chi connectivity index (χ1) is 9.53. The number of benzene rings is 2. The maximum absolute atomic E-state index is 13.0. The number of rotatable bonds is 5. The molecule has 0 aliphatic heterocycles. The highest BCUT2D eigenvalue weighted by atomic mass is 32.2. The predicted molar refractivity (Wildman–Crippen MR) is 76.4 cm³/mol. The fourth-order valence-corrected chi connectivity index (χ4v) is 3.04. The molecule has 0 amide bonds. The van der Waals surface area contributed by atoms with Crippen LogP contribution in [0.3, 0.4) is 0 Å². The van der Waals surface area contributed by atoms with E-state index in [1.165, 1.54) is 18.2 Å². The number of nitrogens with one attached hydrogen (secondary N) is 2. The molecule has 0 unspecified atom stereocenters. The lowest BCUT2D eigenvalue weighted by molar-refractivity contribution is 0.580. The Hall–Kier alpha value is -1.92. The molecule has 0 aromatic heterocycles. The molecule has 2 aromatic rings. The number of hydrogen-bond donors (Lipinski definition) is 2. The summed E-state index contributed by atoms with van der Waals surface area (Å²) < 4.78 is 40.0. The highest BCUT2D eigenvalue weighted by Crippen LogP contribution is 2.20. The molecule has 0 aliphatic rings. The molecule has 0 saturated heterocycles. The highest BCUT2D eigenvalue weighted by Gasteiger charge is 2.17. The maximum atomic E-state index is 13.0. The van der Waals surface area contributed by atoms with Gasteiger partial charge in [0.2, 0.25) is 10.0 Å². The standard InChI is InChI=1S/C14H15FN2O2S/c1-16-13-7-2-3-8-14(13)20(18,19)17-10-11-5-4-6-12(15)9-11/h2-9,16-17H,10H2,1H3.